The van der Waals surface area contributed by atoms with Gasteiger partial charge in [-0.15, -0.1) is 10.2 Å². The molecule has 1 atom stereocenters. The van der Waals surface area contributed by atoms with Crippen LogP contribution in [0.5, 0.6) is 0 Å². The average molecular weight is 408 g/mol. The Morgan fingerprint density at radius 3 is 2.52 bits per heavy atom. The first-order valence-corrected chi connectivity index (χ1v) is 8.52. The first kappa shape index (κ1) is 22.9. The summed E-state index contributed by atoms with van der Waals surface area (Å²) in [6, 6.07) is 4.73. The lowest BCUT2D eigenvalue weighted by Gasteiger charge is -2.13. The number of hydrogen-bond donors (Lipinski definition) is 4. The van der Waals surface area contributed by atoms with Crippen molar-refractivity contribution in [1.29, 1.82) is 0 Å². The van der Waals surface area contributed by atoms with Crippen LogP contribution >= 0.6 is 11.8 Å². The third kappa shape index (κ3) is 7.17. The van der Waals surface area contributed by atoms with Gasteiger partial charge in [-0.1, -0.05) is 17.8 Å². The SMILES string of the molecule is CC(=O)O.NCc1nnc(SC[C@@H](O)CO)n1-c1cccc(C(F)(F)F)c1. The molecule has 0 unspecified atom stereocenters. The smallest absolute Gasteiger partial charge is 0.416 e. The van der Waals surface area contributed by atoms with Crippen molar-refractivity contribution in [3.63, 3.8) is 0 Å². The molecule has 0 saturated heterocycles. The van der Waals surface area contributed by atoms with E-state index in [9.17, 15) is 18.3 Å². The van der Waals surface area contributed by atoms with Gasteiger partial charge in [0.1, 0.15) is 0 Å². The number of benzene rings is 1. The highest BCUT2D eigenvalue weighted by molar-refractivity contribution is 7.99. The van der Waals surface area contributed by atoms with Crippen LogP contribution in [0.1, 0.15) is 18.3 Å². The molecule has 0 bridgehead atoms. The lowest BCUT2D eigenvalue weighted by Crippen LogP contribution is -2.15. The van der Waals surface area contributed by atoms with Crippen molar-refractivity contribution in [3.05, 3.63) is 35.7 Å². The number of rotatable bonds is 6. The number of halogens is 3. The maximum absolute atomic E-state index is 12.9. The highest BCUT2D eigenvalue weighted by atomic mass is 32.2. The zero-order valence-electron chi connectivity index (χ0n) is 14.2. The Bertz CT molecular complexity index is 751. The van der Waals surface area contributed by atoms with Crippen LogP contribution < -0.4 is 5.73 Å². The Morgan fingerprint density at radius 2 is 2.00 bits per heavy atom. The number of thioether (sulfide) groups is 1. The van der Waals surface area contributed by atoms with Crippen LogP contribution in [-0.4, -0.2) is 54.5 Å². The van der Waals surface area contributed by atoms with Crippen LogP contribution in [0.15, 0.2) is 29.4 Å². The van der Waals surface area contributed by atoms with E-state index in [-0.39, 0.29) is 23.1 Å². The fourth-order valence-corrected chi connectivity index (χ4v) is 2.72. The Labute approximate surface area is 156 Å². The molecule has 0 aliphatic carbocycles. The van der Waals surface area contributed by atoms with E-state index in [1.807, 2.05) is 0 Å². The van der Waals surface area contributed by atoms with Crippen molar-refractivity contribution in [2.45, 2.75) is 30.9 Å². The number of carbonyl (C=O) groups is 1. The number of alkyl halides is 3. The predicted octanol–water partition coefficient (Wildman–Crippen LogP) is 1.28. The van der Waals surface area contributed by atoms with E-state index >= 15 is 0 Å². The fraction of sp³-hybridized carbons (Fsp3) is 0.400. The van der Waals surface area contributed by atoms with Gasteiger partial charge in [0.2, 0.25) is 0 Å². The van der Waals surface area contributed by atoms with Gasteiger partial charge in [-0.05, 0) is 18.2 Å². The molecule has 0 radical (unpaired) electrons. The number of hydrogen-bond acceptors (Lipinski definition) is 7. The summed E-state index contributed by atoms with van der Waals surface area (Å²) in [5.74, 6) is -0.414. The molecule has 1 aromatic carbocycles. The first-order valence-electron chi connectivity index (χ1n) is 7.53. The van der Waals surface area contributed by atoms with Gasteiger partial charge in [-0.25, -0.2) is 0 Å². The molecule has 5 N–H and O–H groups in total. The predicted molar refractivity (Wildman–Crippen MR) is 91.4 cm³/mol. The highest BCUT2D eigenvalue weighted by Gasteiger charge is 2.31. The number of aliphatic hydroxyl groups excluding tert-OH is 2. The van der Waals surface area contributed by atoms with Crippen LogP contribution in [-0.2, 0) is 17.5 Å². The third-order valence-electron chi connectivity index (χ3n) is 2.93. The van der Waals surface area contributed by atoms with Gasteiger partial charge in [-0.2, -0.15) is 13.2 Å². The summed E-state index contributed by atoms with van der Waals surface area (Å²) in [5, 5.41) is 33.7. The fourth-order valence-electron chi connectivity index (χ4n) is 1.83. The van der Waals surface area contributed by atoms with Crippen molar-refractivity contribution < 1.29 is 33.3 Å². The van der Waals surface area contributed by atoms with E-state index in [4.69, 9.17) is 20.7 Å². The second kappa shape index (κ2) is 10.3. The molecule has 0 aliphatic rings. The number of aliphatic carboxylic acids is 1. The Kier molecular flexibility index (Phi) is 8.69. The topological polar surface area (TPSA) is 134 Å². The molecule has 0 aliphatic heterocycles. The summed E-state index contributed by atoms with van der Waals surface area (Å²) in [6.45, 7) is 0.654. The molecule has 150 valence electrons. The monoisotopic (exact) mass is 408 g/mol. The molecular formula is C15H19F3N4O4S. The summed E-state index contributed by atoms with van der Waals surface area (Å²) in [7, 11) is 0. The quantitative estimate of drug-likeness (QED) is 0.525. The minimum absolute atomic E-state index is 0.00758. The molecule has 0 spiro atoms. The number of nitrogens with two attached hydrogens (primary N) is 1. The second-order valence-electron chi connectivity index (χ2n) is 5.15. The summed E-state index contributed by atoms with van der Waals surface area (Å²) >= 11 is 1.07. The lowest BCUT2D eigenvalue weighted by atomic mass is 10.2. The normalized spacial score (nSPS) is 12.3. The van der Waals surface area contributed by atoms with Crippen LogP contribution in [0.2, 0.25) is 0 Å². The minimum atomic E-state index is -4.46. The molecule has 1 heterocycles. The number of aliphatic hydroxyl groups is 2. The number of carboxylic acids is 1. The van der Waals surface area contributed by atoms with Crippen molar-refractivity contribution in [2.75, 3.05) is 12.4 Å². The van der Waals surface area contributed by atoms with Crippen LogP contribution in [0, 0.1) is 0 Å². The number of aromatic nitrogens is 3. The van der Waals surface area contributed by atoms with E-state index < -0.39 is 30.4 Å². The average Bonchev–Trinajstić information content (AvgIpc) is 3.01. The van der Waals surface area contributed by atoms with Crippen molar-refractivity contribution in [3.8, 4) is 5.69 Å². The van der Waals surface area contributed by atoms with Gasteiger partial charge in [-0.3, -0.25) is 9.36 Å². The maximum atomic E-state index is 12.9. The van der Waals surface area contributed by atoms with Crippen molar-refractivity contribution in [2.24, 2.45) is 5.73 Å². The standard InChI is InChI=1S/C13H15F3N4O2S.C2H4O2/c14-13(15,16)8-2-1-3-9(4-8)20-11(5-17)18-19-12(20)23-7-10(22)6-21;1-2(3)4/h1-4,10,21-22H,5-7,17H2;1H3,(H,3,4)/t10-;/m0./s1. The lowest BCUT2D eigenvalue weighted by molar-refractivity contribution is -0.137. The molecule has 0 saturated carbocycles. The van der Waals surface area contributed by atoms with E-state index in [2.05, 4.69) is 10.2 Å². The largest absolute Gasteiger partial charge is 0.481 e. The van der Waals surface area contributed by atoms with Gasteiger partial charge in [0.05, 0.1) is 30.5 Å². The summed E-state index contributed by atoms with van der Waals surface area (Å²) in [4.78, 5) is 9.00. The van der Waals surface area contributed by atoms with E-state index in [1.165, 1.54) is 16.7 Å². The summed E-state index contributed by atoms with van der Waals surface area (Å²) in [5.41, 5.74) is 5.00. The van der Waals surface area contributed by atoms with Crippen LogP contribution in [0.25, 0.3) is 5.69 Å². The van der Waals surface area contributed by atoms with Gasteiger partial charge < -0.3 is 21.1 Å². The number of nitrogens with zero attached hydrogens (tertiary/aromatic N) is 3. The minimum Gasteiger partial charge on any atom is -0.481 e. The molecule has 1 aromatic heterocycles. The molecule has 2 aromatic rings. The van der Waals surface area contributed by atoms with E-state index in [1.54, 1.807) is 0 Å². The first-order chi connectivity index (χ1) is 12.6. The van der Waals surface area contributed by atoms with Crippen molar-refractivity contribution >= 4 is 17.7 Å². The molecule has 12 heteroatoms. The van der Waals surface area contributed by atoms with Gasteiger partial charge in [0, 0.05) is 12.7 Å². The Balaban J connectivity index is 0.000000828. The molecule has 0 fully saturated rings. The molecule has 2 rings (SSSR count). The zero-order valence-corrected chi connectivity index (χ0v) is 15.0. The molecule has 27 heavy (non-hydrogen) atoms. The maximum Gasteiger partial charge on any atom is 0.416 e. The second-order valence-corrected chi connectivity index (χ2v) is 6.14. The zero-order chi connectivity index (χ0) is 20.6. The van der Waals surface area contributed by atoms with Gasteiger partial charge in [0.25, 0.3) is 5.97 Å². The Hall–Kier alpha value is -2.15. The Morgan fingerprint density at radius 1 is 1.37 bits per heavy atom. The summed E-state index contributed by atoms with van der Waals surface area (Å²) < 4.78 is 40.0. The third-order valence-corrected chi connectivity index (χ3v) is 4.00. The van der Waals surface area contributed by atoms with E-state index in [0.29, 0.717) is 5.82 Å². The number of carboxylic acid groups (broad SMARTS) is 1. The summed E-state index contributed by atoms with van der Waals surface area (Å²) in [6.07, 6.45) is -5.43. The molecule has 8 nitrogen and oxygen atoms in total. The van der Waals surface area contributed by atoms with Crippen molar-refractivity contribution in [1.82, 2.24) is 14.8 Å². The van der Waals surface area contributed by atoms with Crippen LogP contribution in [0.3, 0.4) is 0 Å². The van der Waals surface area contributed by atoms with Gasteiger partial charge in [0.15, 0.2) is 11.0 Å². The van der Waals surface area contributed by atoms with E-state index in [0.717, 1.165) is 30.8 Å². The molecule has 0 amide bonds. The van der Waals surface area contributed by atoms with Crippen LogP contribution in [0.4, 0.5) is 13.2 Å². The molecular weight excluding hydrogens is 389 g/mol. The highest BCUT2D eigenvalue weighted by Crippen LogP contribution is 2.31. The van der Waals surface area contributed by atoms with Gasteiger partial charge >= 0.3 is 6.18 Å².